The number of nitrogens with zero attached hydrogens (tertiary/aromatic N) is 3. The van der Waals surface area contributed by atoms with Crippen molar-refractivity contribution >= 4 is 34.4 Å². The Kier molecular flexibility index (Phi) is 5.75. The minimum absolute atomic E-state index is 0.569. The summed E-state index contributed by atoms with van der Waals surface area (Å²) in [6, 6.07) is 7.86. The SMILES string of the molecule is CSCCCCn1c(CCCl)nc2ccc(C#N)cc21. The summed E-state index contributed by atoms with van der Waals surface area (Å²) in [6.45, 7) is 0.943. The summed E-state index contributed by atoms with van der Waals surface area (Å²) in [5.41, 5.74) is 2.68. The zero-order chi connectivity index (χ0) is 14.4. The number of halogens is 1. The number of unbranched alkanes of at least 4 members (excludes halogenated alkanes) is 1. The Balaban J connectivity index is 2.31. The molecule has 1 aromatic carbocycles. The standard InChI is InChI=1S/C15H18ClN3S/c1-20-9-3-2-8-19-14-10-12(11-17)4-5-13(14)18-15(19)6-7-16/h4-5,10H,2-3,6-9H2,1H3. The molecule has 0 fully saturated rings. The van der Waals surface area contributed by atoms with Gasteiger partial charge in [0.25, 0.3) is 0 Å². The van der Waals surface area contributed by atoms with E-state index in [1.165, 1.54) is 12.2 Å². The lowest BCUT2D eigenvalue weighted by molar-refractivity contribution is 0.623. The molecule has 1 heterocycles. The van der Waals surface area contributed by atoms with Gasteiger partial charge in [0, 0.05) is 18.8 Å². The van der Waals surface area contributed by atoms with Crippen LogP contribution in [0.25, 0.3) is 11.0 Å². The molecule has 0 atom stereocenters. The first-order valence-electron chi connectivity index (χ1n) is 6.74. The highest BCUT2D eigenvalue weighted by Crippen LogP contribution is 2.19. The smallest absolute Gasteiger partial charge is 0.111 e. The number of alkyl halides is 1. The zero-order valence-corrected chi connectivity index (χ0v) is 13.2. The second-order valence-corrected chi connectivity index (χ2v) is 6.00. The van der Waals surface area contributed by atoms with Gasteiger partial charge >= 0.3 is 0 Å². The molecule has 1 aromatic heterocycles. The van der Waals surface area contributed by atoms with E-state index in [9.17, 15) is 0 Å². The fourth-order valence-corrected chi connectivity index (χ4v) is 2.95. The van der Waals surface area contributed by atoms with Crippen LogP contribution in [0.5, 0.6) is 0 Å². The number of hydrogen-bond acceptors (Lipinski definition) is 3. The molecule has 106 valence electrons. The molecular formula is C15H18ClN3S. The molecule has 20 heavy (non-hydrogen) atoms. The third kappa shape index (κ3) is 3.47. The second kappa shape index (κ2) is 7.56. The number of hydrogen-bond donors (Lipinski definition) is 0. The highest BCUT2D eigenvalue weighted by molar-refractivity contribution is 7.98. The number of thioether (sulfide) groups is 1. The van der Waals surface area contributed by atoms with Gasteiger partial charge in [-0.05, 0) is 43.0 Å². The van der Waals surface area contributed by atoms with Crippen molar-refractivity contribution in [2.45, 2.75) is 25.8 Å². The molecule has 0 spiro atoms. The topological polar surface area (TPSA) is 41.6 Å². The number of aromatic nitrogens is 2. The molecule has 0 N–H and O–H groups in total. The van der Waals surface area contributed by atoms with Crippen LogP contribution < -0.4 is 0 Å². The normalized spacial score (nSPS) is 10.8. The highest BCUT2D eigenvalue weighted by Gasteiger charge is 2.10. The number of aryl methyl sites for hydroxylation is 2. The largest absolute Gasteiger partial charge is 0.328 e. The molecular weight excluding hydrogens is 290 g/mol. The molecule has 0 saturated carbocycles. The molecule has 0 aliphatic carbocycles. The third-order valence-electron chi connectivity index (χ3n) is 3.25. The lowest BCUT2D eigenvalue weighted by atomic mass is 10.2. The Hall–Kier alpha value is -1.18. The average molecular weight is 308 g/mol. The minimum atomic E-state index is 0.569. The minimum Gasteiger partial charge on any atom is -0.328 e. The van der Waals surface area contributed by atoms with Crippen LogP contribution in [0, 0.1) is 11.3 Å². The summed E-state index contributed by atoms with van der Waals surface area (Å²) in [5.74, 6) is 2.77. The second-order valence-electron chi connectivity index (χ2n) is 4.63. The predicted molar refractivity (Wildman–Crippen MR) is 86.5 cm³/mol. The van der Waals surface area contributed by atoms with E-state index in [1.54, 1.807) is 0 Å². The average Bonchev–Trinajstić information content (AvgIpc) is 2.81. The van der Waals surface area contributed by atoms with E-state index < -0.39 is 0 Å². The van der Waals surface area contributed by atoms with Crippen LogP contribution in [0.2, 0.25) is 0 Å². The van der Waals surface area contributed by atoms with Crippen molar-refractivity contribution < 1.29 is 0 Å². The lowest BCUT2D eigenvalue weighted by Crippen LogP contribution is -2.05. The van der Waals surface area contributed by atoms with Crippen molar-refractivity contribution in [3.05, 3.63) is 29.6 Å². The fraction of sp³-hybridized carbons (Fsp3) is 0.467. The lowest BCUT2D eigenvalue weighted by Gasteiger charge is -2.08. The van der Waals surface area contributed by atoms with Crippen LogP contribution in [0.4, 0.5) is 0 Å². The van der Waals surface area contributed by atoms with Gasteiger partial charge in [-0.25, -0.2) is 4.98 Å². The fourth-order valence-electron chi connectivity index (χ4n) is 2.28. The summed E-state index contributed by atoms with van der Waals surface area (Å²) in [5, 5.41) is 9.04. The highest BCUT2D eigenvalue weighted by atomic mass is 35.5. The van der Waals surface area contributed by atoms with Gasteiger partial charge in [-0.15, -0.1) is 11.6 Å². The molecule has 0 amide bonds. The molecule has 5 heteroatoms. The van der Waals surface area contributed by atoms with Gasteiger partial charge in [0.15, 0.2) is 0 Å². The van der Waals surface area contributed by atoms with Gasteiger partial charge < -0.3 is 4.57 Å². The molecule has 2 rings (SSSR count). The van der Waals surface area contributed by atoms with Crippen molar-refractivity contribution in [1.82, 2.24) is 9.55 Å². The van der Waals surface area contributed by atoms with Crippen molar-refractivity contribution in [2.24, 2.45) is 0 Å². The van der Waals surface area contributed by atoms with Crippen LogP contribution >= 0.6 is 23.4 Å². The van der Waals surface area contributed by atoms with Crippen LogP contribution in [0.15, 0.2) is 18.2 Å². The van der Waals surface area contributed by atoms with Gasteiger partial charge in [0.1, 0.15) is 5.82 Å². The first-order valence-corrected chi connectivity index (χ1v) is 8.67. The van der Waals surface area contributed by atoms with Crippen LogP contribution in [-0.2, 0) is 13.0 Å². The Labute approximate surface area is 128 Å². The van der Waals surface area contributed by atoms with E-state index in [2.05, 4.69) is 21.9 Å². The summed E-state index contributed by atoms with van der Waals surface area (Å²) in [6.07, 6.45) is 5.21. The van der Waals surface area contributed by atoms with Gasteiger partial charge in [0.05, 0.1) is 22.7 Å². The summed E-state index contributed by atoms with van der Waals surface area (Å²) < 4.78 is 2.22. The Bertz CT molecular complexity index is 615. The monoisotopic (exact) mass is 307 g/mol. The zero-order valence-electron chi connectivity index (χ0n) is 11.6. The molecule has 0 aliphatic rings. The maximum atomic E-state index is 9.04. The number of fused-ring (bicyclic) bond motifs is 1. The number of rotatable bonds is 7. The number of nitriles is 1. The van der Waals surface area contributed by atoms with Gasteiger partial charge in [-0.1, -0.05) is 0 Å². The Morgan fingerprint density at radius 3 is 2.95 bits per heavy atom. The van der Waals surface area contributed by atoms with E-state index in [1.807, 2.05) is 30.0 Å². The maximum Gasteiger partial charge on any atom is 0.111 e. The van der Waals surface area contributed by atoms with Crippen molar-refractivity contribution in [3.63, 3.8) is 0 Å². The summed E-state index contributed by atoms with van der Waals surface area (Å²) in [4.78, 5) is 4.64. The first-order chi connectivity index (χ1) is 9.80. The third-order valence-corrected chi connectivity index (χ3v) is 4.14. The maximum absolute atomic E-state index is 9.04. The van der Waals surface area contributed by atoms with Crippen LogP contribution in [0.1, 0.15) is 24.2 Å². The van der Waals surface area contributed by atoms with E-state index >= 15 is 0 Å². The summed E-state index contributed by atoms with van der Waals surface area (Å²) in [7, 11) is 0. The molecule has 0 bridgehead atoms. The van der Waals surface area contributed by atoms with E-state index in [4.69, 9.17) is 16.9 Å². The Morgan fingerprint density at radius 2 is 2.25 bits per heavy atom. The van der Waals surface area contributed by atoms with Gasteiger partial charge in [-0.3, -0.25) is 0 Å². The number of benzene rings is 1. The Morgan fingerprint density at radius 1 is 1.40 bits per heavy atom. The first kappa shape index (κ1) is 15.2. The van der Waals surface area contributed by atoms with Crippen LogP contribution in [0.3, 0.4) is 0 Å². The van der Waals surface area contributed by atoms with E-state index in [0.29, 0.717) is 11.4 Å². The summed E-state index contributed by atoms with van der Waals surface area (Å²) >= 11 is 7.74. The molecule has 0 aliphatic heterocycles. The number of imidazole rings is 1. The predicted octanol–water partition coefficient (Wildman–Crippen LogP) is 3.83. The van der Waals surface area contributed by atoms with E-state index in [-0.39, 0.29) is 0 Å². The molecule has 3 nitrogen and oxygen atoms in total. The van der Waals surface area contributed by atoms with Gasteiger partial charge in [-0.2, -0.15) is 17.0 Å². The van der Waals surface area contributed by atoms with Crippen LogP contribution in [-0.4, -0.2) is 27.4 Å². The molecule has 0 saturated heterocycles. The van der Waals surface area contributed by atoms with Crippen molar-refractivity contribution in [2.75, 3.05) is 17.9 Å². The molecule has 0 radical (unpaired) electrons. The molecule has 2 aromatic rings. The van der Waals surface area contributed by atoms with Gasteiger partial charge in [0.2, 0.25) is 0 Å². The van der Waals surface area contributed by atoms with Crippen molar-refractivity contribution in [3.8, 4) is 6.07 Å². The van der Waals surface area contributed by atoms with E-state index in [0.717, 1.165) is 36.2 Å². The quantitative estimate of drug-likeness (QED) is 0.576. The molecule has 0 unspecified atom stereocenters. The van der Waals surface area contributed by atoms with Crippen molar-refractivity contribution in [1.29, 1.82) is 5.26 Å².